The Morgan fingerprint density at radius 3 is 2.42 bits per heavy atom. The first-order chi connectivity index (χ1) is 15.1. The Labute approximate surface area is 184 Å². The summed E-state index contributed by atoms with van der Waals surface area (Å²) in [5.74, 6) is -0.648. The molecular weight excluding hydrogens is 415 g/mol. The zero-order valence-electron chi connectivity index (χ0n) is 16.9. The van der Waals surface area contributed by atoms with Gasteiger partial charge in [-0.05, 0) is 37.1 Å². The molecule has 3 aromatic rings. The predicted octanol–water partition coefficient (Wildman–Crippen LogP) is 4.69. The zero-order valence-corrected chi connectivity index (χ0v) is 17.8. The Balaban J connectivity index is 1.43. The fraction of sp³-hybridized carbons (Fsp3) is 0.304. The number of urea groups is 1. The van der Waals surface area contributed by atoms with Gasteiger partial charge in [0.05, 0.1) is 5.75 Å². The zero-order chi connectivity index (χ0) is 21.6. The van der Waals surface area contributed by atoms with E-state index in [0.717, 1.165) is 42.0 Å². The number of carbonyl (C=O) groups is 2. The van der Waals surface area contributed by atoms with Crippen LogP contribution >= 0.6 is 11.8 Å². The number of imide groups is 1. The number of rotatable bonds is 5. The molecule has 0 radical (unpaired) electrons. The molecule has 1 heterocycles. The molecule has 160 valence electrons. The molecule has 2 aromatic carbocycles. The summed E-state index contributed by atoms with van der Waals surface area (Å²) in [5.41, 5.74) is 1.41. The van der Waals surface area contributed by atoms with Crippen LogP contribution in [0.15, 0.2) is 53.6 Å². The number of hydrogen-bond donors (Lipinski definition) is 2. The SMILES string of the molecule is O=C(CSc1nnc(-c2ccc(F)cc2)c2ccccc12)NC(=O)NC1CCCCC1. The largest absolute Gasteiger partial charge is 0.335 e. The smallest absolute Gasteiger partial charge is 0.321 e. The van der Waals surface area contributed by atoms with Gasteiger partial charge in [-0.1, -0.05) is 55.3 Å². The first kappa shape index (κ1) is 21.2. The Morgan fingerprint density at radius 1 is 0.968 bits per heavy atom. The maximum absolute atomic E-state index is 13.3. The summed E-state index contributed by atoms with van der Waals surface area (Å²) in [6.45, 7) is 0. The van der Waals surface area contributed by atoms with Gasteiger partial charge in [0, 0.05) is 22.4 Å². The van der Waals surface area contributed by atoms with Crippen LogP contribution < -0.4 is 10.6 Å². The molecule has 0 aliphatic heterocycles. The van der Waals surface area contributed by atoms with Gasteiger partial charge in [-0.3, -0.25) is 10.1 Å². The molecule has 1 aliphatic rings. The number of benzene rings is 2. The van der Waals surface area contributed by atoms with Gasteiger partial charge in [-0.15, -0.1) is 10.2 Å². The second-order valence-electron chi connectivity index (χ2n) is 7.55. The van der Waals surface area contributed by atoms with E-state index in [0.29, 0.717) is 10.7 Å². The van der Waals surface area contributed by atoms with Crippen molar-refractivity contribution in [3.8, 4) is 11.3 Å². The molecule has 3 amide bonds. The van der Waals surface area contributed by atoms with Crippen LogP contribution in [0, 0.1) is 5.82 Å². The predicted molar refractivity (Wildman–Crippen MR) is 119 cm³/mol. The Morgan fingerprint density at radius 2 is 1.68 bits per heavy atom. The van der Waals surface area contributed by atoms with Gasteiger partial charge in [-0.25, -0.2) is 9.18 Å². The van der Waals surface area contributed by atoms with Gasteiger partial charge in [-0.2, -0.15) is 0 Å². The van der Waals surface area contributed by atoms with Gasteiger partial charge in [0.15, 0.2) is 0 Å². The molecule has 1 fully saturated rings. The standard InChI is InChI=1S/C23H23FN4O2S/c24-16-12-10-15(11-13-16)21-18-8-4-5-9-19(18)22(28-27-21)31-14-20(29)26-23(30)25-17-6-2-1-3-7-17/h4-5,8-13,17H,1-3,6-7,14H2,(H2,25,26,29,30). The highest BCUT2D eigenvalue weighted by Gasteiger charge is 2.18. The molecule has 0 spiro atoms. The molecular formula is C23H23FN4O2S. The molecule has 31 heavy (non-hydrogen) atoms. The Bertz CT molecular complexity index is 1080. The third-order valence-electron chi connectivity index (χ3n) is 5.30. The number of nitrogens with one attached hydrogen (secondary N) is 2. The quantitative estimate of drug-likeness (QED) is 0.565. The summed E-state index contributed by atoms with van der Waals surface area (Å²) >= 11 is 1.23. The van der Waals surface area contributed by atoms with Gasteiger partial charge in [0.2, 0.25) is 5.91 Å². The fourth-order valence-electron chi connectivity index (χ4n) is 3.77. The summed E-state index contributed by atoms with van der Waals surface area (Å²) in [6, 6.07) is 13.4. The lowest BCUT2D eigenvalue weighted by molar-refractivity contribution is -0.117. The first-order valence-corrected chi connectivity index (χ1v) is 11.3. The number of hydrogen-bond acceptors (Lipinski definition) is 5. The van der Waals surface area contributed by atoms with Crippen molar-refractivity contribution in [3.05, 3.63) is 54.3 Å². The molecule has 1 aromatic heterocycles. The average molecular weight is 439 g/mol. The number of amides is 3. The van der Waals surface area contributed by atoms with Gasteiger partial charge < -0.3 is 5.32 Å². The molecule has 2 N–H and O–H groups in total. The molecule has 0 bridgehead atoms. The third kappa shape index (κ3) is 5.38. The van der Waals surface area contributed by atoms with E-state index >= 15 is 0 Å². The lowest BCUT2D eigenvalue weighted by Crippen LogP contribution is -2.45. The maximum Gasteiger partial charge on any atom is 0.321 e. The van der Waals surface area contributed by atoms with Crippen molar-refractivity contribution in [2.75, 3.05) is 5.75 Å². The number of fused-ring (bicyclic) bond motifs is 1. The number of carbonyl (C=O) groups excluding carboxylic acids is 2. The van der Waals surface area contributed by atoms with Crippen molar-refractivity contribution >= 4 is 34.5 Å². The average Bonchev–Trinajstić information content (AvgIpc) is 2.78. The highest BCUT2D eigenvalue weighted by molar-refractivity contribution is 8.00. The lowest BCUT2D eigenvalue weighted by atomic mass is 9.96. The van der Waals surface area contributed by atoms with E-state index in [1.165, 1.54) is 30.3 Å². The first-order valence-electron chi connectivity index (χ1n) is 10.3. The van der Waals surface area contributed by atoms with Crippen molar-refractivity contribution in [2.45, 2.75) is 43.2 Å². The van der Waals surface area contributed by atoms with Gasteiger partial charge in [0.1, 0.15) is 16.5 Å². The second-order valence-corrected chi connectivity index (χ2v) is 8.52. The number of nitrogens with zero attached hydrogens (tertiary/aromatic N) is 2. The van der Waals surface area contributed by atoms with Gasteiger partial charge in [0.25, 0.3) is 0 Å². The van der Waals surface area contributed by atoms with E-state index in [4.69, 9.17) is 0 Å². The number of thioether (sulfide) groups is 1. The monoisotopic (exact) mass is 438 g/mol. The van der Waals surface area contributed by atoms with Gasteiger partial charge >= 0.3 is 6.03 Å². The Kier molecular flexibility index (Phi) is 6.76. The maximum atomic E-state index is 13.3. The third-order valence-corrected chi connectivity index (χ3v) is 6.29. The van der Waals surface area contributed by atoms with E-state index in [1.807, 2.05) is 24.3 Å². The molecule has 0 saturated heterocycles. The van der Waals surface area contributed by atoms with E-state index in [1.54, 1.807) is 12.1 Å². The molecule has 4 rings (SSSR count). The van der Waals surface area contributed by atoms with Crippen molar-refractivity contribution in [2.24, 2.45) is 0 Å². The molecule has 0 unspecified atom stereocenters. The minimum Gasteiger partial charge on any atom is -0.335 e. The molecule has 1 aliphatic carbocycles. The van der Waals surface area contributed by atoms with Crippen molar-refractivity contribution in [1.29, 1.82) is 0 Å². The van der Waals surface area contributed by atoms with Crippen LogP contribution in [0.4, 0.5) is 9.18 Å². The highest BCUT2D eigenvalue weighted by atomic mass is 32.2. The minimum atomic E-state index is -0.444. The van der Waals surface area contributed by atoms with Crippen LogP contribution in [0.5, 0.6) is 0 Å². The summed E-state index contributed by atoms with van der Waals surface area (Å²) in [6.07, 6.45) is 5.32. The van der Waals surface area contributed by atoms with Crippen LogP contribution in [0.25, 0.3) is 22.0 Å². The minimum absolute atomic E-state index is 0.0483. The highest BCUT2D eigenvalue weighted by Crippen LogP contribution is 2.31. The summed E-state index contributed by atoms with van der Waals surface area (Å²) in [4.78, 5) is 24.3. The molecule has 0 atom stereocenters. The van der Waals surface area contributed by atoms with Crippen LogP contribution in [-0.2, 0) is 4.79 Å². The molecule has 6 nitrogen and oxygen atoms in total. The van der Waals surface area contributed by atoms with E-state index < -0.39 is 6.03 Å². The summed E-state index contributed by atoms with van der Waals surface area (Å²) in [7, 11) is 0. The summed E-state index contributed by atoms with van der Waals surface area (Å²) < 4.78 is 13.3. The second kappa shape index (κ2) is 9.87. The van der Waals surface area contributed by atoms with Crippen LogP contribution in [0.3, 0.4) is 0 Å². The van der Waals surface area contributed by atoms with E-state index in [2.05, 4.69) is 20.8 Å². The Hall–Kier alpha value is -3.00. The normalized spacial score (nSPS) is 14.4. The fourth-order valence-corrected chi connectivity index (χ4v) is 4.54. The van der Waals surface area contributed by atoms with Crippen LogP contribution in [-0.4, -0.2) is 33.9 Å². The van der Waals surface area contributed by atoms with Crippen molar-refractivity contribution in [3.63, 3.8) is 0 Å². The lowest BCUT2D eigenvalue weighted by Gasteiger charge is -2.22. The number of aromatic nitrogens is 2. The topological polar surface area (TPSA) is 84.0 Å². The molecule has 1 saturated carbocycles. The number of halogens is 1. The van der Waals surface area contributed by atoms with Crippen molar-refractivity contribution in [1.82, 2.24) is 20.8 Å². The van der Waals surface area contributed by atoms with Crippen molar-refractivity contribution < 1.29 is 14.0 Å². The molecule has 8 heteroatoms. The van der Waals surface area contributed by atoms with Crippen LogP contribution in [0.1, 0.15) is 32.1 Å². The van der Waals surface area contributed by atoms with Crippen LogP contribution in [0.2, 0.25) is 0 Å². The summed E-state index contributed by atoms with van der Waals surface area (Å²) in [5, 5.41) is 16.2. The van der Waals surface area contributed by atoms with E-state index in [-0.39, 0.29) is 23.5 Å². The van der Waals surface area contributed by atoms with E-state index in [9.17, 15) is 14.0 Å².